The molecule has 76 heavy (non-hydrogen) atoms. The lowest BCUT2D eigenvalue weighted by Crippen LogP contribution is -2.10. The molecule has 2 aliphatic carbocycles. The maximum Gasteiger partial charge on any atom is 0.0541 e. The highest BCUT2D eigenvalue weighted by Crippen LogP contribution is 2.55. The van der Waals surface area contributed by atoms with E-state index in [1.165, 1.54) is 122 Å². The van der Waals surface area contributed by atoms with Crippen LogP contribution >= 0.6 is 0 Å². The van der Waals surface area contributed by atoms with E-state index in [1.807, 2.05) is 0 Å². The van der Waals surface area contributed by atoms with Gasteiger partial charge in [-0.2, -0.15) is 0 Å². The first kappa shape index (κ1) is 43.6. The van der Waals surface area contributed by atoms with Crippen LogP contribution in [0.5, 0.6) is 0 Å². The van der Waals surface area contributed by atoms with Gasteiger partial charge in [0.15, 0.2) is 0 Å². The maximum atomic E-state index is 2.43. The number of hydrogen-bond donors (Lipinski definition) is 0. The highest BCUT2D eigenvalue weighted by atomic mass is 15.1. The lowest BCUT2D eigenvalue weighted by atomic mass is 9.91. The molecule has 0 saturated carbocycles. The van der Waals surface area contributed by atoms with Crippen LogP contribution in [-0.4, -0.2) is 4.57 Å². The maximum absolute atomic E-state index is 2.43. The van der Waals surface area contributed by atoms with E-state index in [1.54, 1.807) is 0 Å². The number of anilines is 3. The van der Waals surface area contributed by atoms with Gasteiger partial charge in [-0.3, -0.25) is 0 Å². The van der Waals surface area contributed by atoms with Crippen LogP contribution in [0, 0.1) is 0 Å². The Bertz CT molecular complexity index is 4340. The average molecular weight is 965 g/mol. The Balaban J connectivity index is 0.840. The molecule has 0 radical (unpaired) electrons. The van der Waals surface area contributed by atoms with E-state index in [0.717, 1.165) is 22.7 Å². The fraction of sp³-hybridized carbons (Fsp3) is 0. The van der Waals surface area contributed by atoms with E-state index >= 15 is 0 Å². The van der Waals surface area contributed by atoms with E-state index in [0.29, 0.717) is 0 Å². The van der Waals surface area contributed by atoms with Crippen molar-refractivity contribution in [2.45, 2.75) is 0 Å². The molecule has 0 fully saturated rings. The lowest BCUT2D eigenvalue weighted by molar-refractivity contribution is 1.18. The van der Waals surface area contributed by atoms with Gasteiger partial charge < -0.3 is 9.47 Å². The van der Waals surface area contributed by atoms with Gasteiger partial charge in [-0.15, -0.1) is 0 Å². The summed E-state index contributed by atoms with van der Waals surface area (Å²) in [5, 5.41) is 2.47. The Kier molecular flexibility index (Phi) is 10.2. The molecule has 13 aromatic rings. The molecule has 354 valence electrons. The van der Waals surface area contributed by atoms with Crippen LogP contribution in [0.3, 0.4) is 0 Å². The monoisotopic (exact) mass is 964 g/mol. The van der Waals surface area contributed by atoms with Crippen molar-refractivity contribution >= 4 is 50.0 Å². The molecule has 2 heteroatoms. The zero-order valence-corrected chi connectivity index (χ0v) is 41.6. The molecule has 0 saturated heterocycles. The minimum absolute atomic E-state index is 1.08. The summed E-state index contributed by atoms with van der Waals surface area (Å²) < 4.78 is 2.40. The molecule has 1 heterocycles. The molecule has 15 rings (SSSR count). The van der Waals surface area contributed by atoms with E-state index < -0.39 is 0 Å². The molecule has 0 atom stereocenters. The minimum atomic E-state index is 1.08. The van der Waals surface area contributed by atoms with E-state index in [9.17, 15) is 0 Å². The van der Waals surface area contributed by atoms with Gasteiger partial charge in [0.25, 0.3) is 0 Å². The van der Waals surface area contributed by atoms with Crippen molar-refractivity contribution in [3.63, 3.8) is 0 Å². The summed E-state index contributed by atoms with van der Waals surface area (Å²) in [6.07, 6.45) is 0. The summed E-state index contributed by atoms with van der Waals surface area (Å²) in [4.78, 5) is 2.42. The first-order chi connectivity index (χ1) is 37.7. The van der Waals surface area contributed by atoms with E-state index in [-0.39, 0.29) is 0 Å². The van der Waals surface area contributed by atoms with Crippen molar-refractivity contribution < 1.29 is 0 Å². The third kappa shape index (κ3) is 7.18. The Morgan fingerprint density at radius 1 is 0.211 bits per heavy atom. The number of nitrogens with zero attached hydrogens (tertiary/aromatic N) is 2. The number of benzene rings is 12. The van der Waals surface area contributed by atoms with Crippen molar-refractivity contribution in [2.75, 3.05) is 4.90 Å². The summed E-state index contributed by atoms with van der Waals surface area (Å²) in [6, 6.07) is 107. The number of fused-ring (bicyclic) bond motifs is 9. The van der Waals surface area contributed by atoms with Crippen molar-refractivity contribution in [1.82, 2.24) is 4.57 Å². The molecule has 0 N–H and O–H groups in total. The van der Waals surface area contributed by atoms with E-state index in [4.69, 9.17) is 0 Å². The molecular formula is C74H48N2. The molecule has 2 nitrogen and oxygen atoms in total. The summed E-state index contributed by atoms with van der Waals surface area (Å²) in [6.45, 7) is 0. The fourth-order valence-corrected chi connectivity index (χ4v) is 12.2. The van der Waals surface area contributed by atoms with Gasteiger partial charge in [0, 0.05) is 33.5 Å². The zero-order valence-electron chi connectivity index (χ0n) is 41.6. The van der Waals surface area contributed by atoms with Gasteiger partial charge in [0.1, 0.15) is 0 Å². The van der Waals surface area contributed by atoms with Crippen LogP contribution in [-0.2, 0) is 0 Å². The number of hydrogen-bond acceptors (Lipinski definition) is 1. The topological polar surface area (TPSA) is 8.17 Å². The van der Waals surface area contributed by atoms with Gasteiger partial charge >= 0.3 is 0 Å². The molecule has 0 aliphatic heterocycles. The molecule has 12 aromatic carbocycles. The van der Waals surface area contributed by atoms with Crippen molar-refractivity contribution in [3.8, 4) is 72.4 Å². The van der Waals surface area contributed by atoms with Gasteiger partial charge in [-0.25, -0.2) is 0 Å². The Labute approximate surface area is 443 Å². The van der Waals surface area contributed by atoms with Crippen LogP contribution in [0.15, 0.2) is 291 Å². The second kappa shape index (κ2) is 17.9. The summed E-state index contributed by atoms with van der Waals surface area (Å²) in [5.74, 6) is 0. The third-order valence-corrected chi connectivity index (χ3v) is 15.8. The smallest absolute Gasteiger partial charge is 0.0541 e. The summed E-state index contributed by atoms with van der Waals surface area (Å²) >= 11 is 0. The normalized spacial score (nSPS) is 12.2. The van der Waals surface area contributed by atoms with Crippen LogP contribution in [0.4, 0.5) is 17.1 Å². The predicted octanol–water partition coefficient (Wildman–Crippen LogP) is 19.9. The van der Waals surface area contributed by atoms with Gasteiger partial charge in [0.05, 0.1) is 11.0 Å². The number of para-hydroxylation sites is 1. The zero-order chi connectivity index (χ0) is 50.1. The minimum Gasteiger partial charge on any atom is -0.310 e. The largest absolute Gasteiger partial charge is 0.310 e. The Morgan fingerprint density at radius 3 is 1.09 bits per heavy atom. The molecule has 0 spiro atoms. The molecule has 2 aliphatic rings. The second-order valence-electron chi connectivity index (χ2n) is 20.0. The lowest BCUT2D eigenvalue weighted by Gasteiger charge is -2.27. The Morgan fingerprint density at radius 2 is 0.566 bits per heavy atom. The number of rotatable bonds is 8. The SMILES string of the molecule is c1ccc(-c2ccc(-c3ccc(N(c4ccc(-c5ccc6c(c5)c5ccccc5n6-c5ccc(-c6ccccc6)cc5)cc4)c4ccc5c(c4)C(=C4c6ccccc6-c6ccccc64)c4ccccc4-5)cc3)cc2)cc1. The van der Waals surface area contributed by atoms with Gasteiger partial charge in [-0.05, 0) is 167 Å². The van der Waals surface area contributed by atoms with Crippen LogP contribution < -0.4 is 4.90 Å². The second-order valence-corrected chi connectivity index (χ2v) is 20.0. The first-order valence-electron chi connectivity index (χ1n) is 26.2. The standard InChI is InChI=1S/C74H48N2/c1-3-15-49(16-4-1)51-27-29-52(30-28-51)54-31-38-57(39-32-54)75(60-44-45-64-63-21-9-12-25-68(63)74(70(64)48-60)73-66-23-10-7-19-61(66)62-20-8-11-24-67(62)73)58-40-35-55(36-41-58)56-37-46-72-69(47-56)65-22-13-14-26-71(65)76(72)59-42-33-53(34-43-59)50-17-5-2-6-18-50/h1-48H. The van der Waals surface area contributed by atoms with Crippen LogP contribution in [0.2, 0.25) is 0 Å². The van der Waals surface area contributed by atoms with Crippen molar-refractivity contribution in [3.05, 3.63) is 313 Å². The van der Waals surface area contributed by atoms with Crippen LogP contribution in [0.25, 0.3) is 105 Å². The highest BCUT2D eigenvalue weighted by Gasteiger charge is 2.33. The van der Waals surface area contributed by atoms with E-state index in [2.05, 4.69) is 301 Å². The quantitative estimate of drug-likeness (QED) is 0.147. The average Bonchev–Trinajstić information content (AvgIpc) is 4.23. The van der Waals surface area contributed by atoms with Crippen molar-refractivity contribution in [2.24, 2.45) is 0 Å². The van der Waals surface area contributed by atoms with Crippen LogP contribution in [0.1, 0.15) is 22.3 Å². The summed E-state index contributed by atoms with van der Waals surface area (Å²) in [5.41, 5.74) is 29.2. The highest BCUT2D eigenvalue weighted by molar-refractivity contribution is 6.19. The van der Waals surface area contributed by atoms with Crippen molar-refractivity contribution in [1.29, 1.82) is 0 Å². The molecule has 0 amide bonds. The molecular weight excluding hydrogens is 917 g/mol. The molecule has 0 unspecified atom stereocenters. The van der Waals surface area contributed by atoms with Gasteiger partial charge in [0.2, 0.25) is 0 Å². The third-order valence-electron chi connectivity index (χ3n) is 15.8. The molecule has 1 aromatic heterocycles. The number of aromatic nitrogens is 1. The predicted molar refractivity (Wildman–Crippen MR) is 320 cm³/mol. The molecule has 0 bridgehead atoms. The first-order valence-corrected chi connectivity index (χ1v) is 26.2. The fourth-order valence-electron chi connectivity index (χ4n) is 12.2. The Hall–Kier alpha value is -10.0. The van der Waals surface area contributed by atoms with Gasteiger partial charge in [-0.1, -0.05) is 224 Å². The summed E-state index contributed by atoms with van der Waals surface area (Å²) in [7, 11) is 0.